The summed E-state index contributed by atoms with van der Waals surface area (Å²) in [5.74, 6) is -0.0986. The predicted octanol–water partition coefficient (Wildman–Crippen LogP) is 4.41. The Morgan fingerprint density at radius 1 is 0.895 bits per heavy atom. The first-order valence-corrected chi connectivity index (χ1v) is 13.4. The average Bonchev–Trinajstić information content (AvgIpc) is 3.14. The number of morpholine rings is 1. The SMILES string of the molecule is CC(C)Oc1ccc(C(O)=C2C(=O)C(=O)N(CCCN3CCOCC3)C2c2ccc(OC(C)C)cc2)cc1. The third-order valence-electron chi connectivity index (χ3n) is 6.58. The molecule has 8 nitrogen and oxygen atoms in total. The Hall–Kier alpha value is -3.36. The average molecular weight is 523 g/mol. The molecular formula is C30H38N2O6. The van der Waals surface area contributed by atoms with Gasteiger partial charge in [0.2, 0.25) is 0 Å². The minimum absolute atomic E-state index is 0.0138. The molecule has 2 heterocycles. The monoisotopic (exact) mass is 522 g/mol. The van der Waals surface area contributed by atoms with Gasteiger partial charge in [0.1, 0.15) is 17.3 Å². The van der Waals surface area contributed by atoms with Gasteiger partial charge in [0.05, 0.1) is 37.0 Å². The minimum Gasteiger partial charge on any atom is -0.507 e. The van der Waals surface area contributed by atoms with Gasteiger partial charge in [0.15, 0.2) is 0 Å². The summed E-state index contributed by atoms with van der Waals surface area (Å²) in [4.78, 5) is 30.5. The lowest BCUT2D eigenvalue weighted by atomic mass is 9.95. The lowest BCUT2D eigenvalue weighted by Gasteiger charge is -2.29. The van der Waals surface area contributed by atoms with Crippen molar-refractivity contribution in [2.24, 2.45) is 0 Å². The molecule has 38 heavy (non-hydrogen) atoms. The molecule has 2 aromatic rings. The Morgan fingerprint density at radius 2 is 1.45 bits per heavy atom. The largest absolute Gasteiger partial charge is 0.507 e. The maximum atomic E-state index is 13.3. The lowest BCUT2D eigenvalue weighted by Crippen LogP contribution is -2.38. The van der Waals surface area contributed by atoms with Gasteiger partial charge in [-0.25, -0.2) is 0 Å². The summed E-state index contributed by atoms with van der Waals surface area (Å²) in [6.45, 7) is 12.1. The Kier molecular flexibility index (Phi) is 9.07. The van der Waals surface area contributed by atoms with Crippen LogP contribution in [0.5, 0.6) is 11.5 Å². The number of carbonyl (C=O) groups excluding carboxylic acids is 2. The van der Waals surface area contributed by atoms with Gasteiger partial charge in [-0.3, -0.25) is 14.5 Å². The number of ketones is 1. The molecular weight excluding hydrogens is 484 g/mol. The fourth-order valence-electron chi connectivity index (χ4n) is 4.87. The third kappa shape index (κ3) is 6.55. The van der Waals surface area contributed by atoms with E-state index >= 15 is 0 Å². The van der Waals surface area contributed by atoms with E-state index in [0.717, 1.165) is 25.2 Å². The molecule has 1 N–H and O–H groups in total. The maximum Gasteiger partial charge on any atom is 0.295 e. The number of ether oxygens (including phenoxy) is 3. The molecule has 4 rings (SSSR count). The second kappa shape index (κ2) is 12.5. The number of amides is 1. The number of aliphatic hydroxyl groups is 1. The summed E-state index contributed by atoms with van der Waals surface area (Å²) >= 11 is 0. The van der Waals surface area contributed by atoms with Gasteiger partial charge >= 0.3 is 0 Å². The second-order valence-electron chi connectivity index (χ2n) is 10.2. The Balaban J connectivity index is 1.65. The number of benzene rings is 2. The number of likely N-dealkylation sites (tertiary alicyclic amines) is 1. The molecule has 8 heteroatoms. The van der Waals surface area contributed by atoms with Crippen molar-refractivity contribution in [1.82, 2.24) is 9.80 Å². The molecule has 0 spiro atoms. The van der Waals surface area contributed by atoms with Crippen LogP contribution in [0.2, 0.25) is 0 Å². The van der Waals surface area contributed by atoms with Gasteiger partial charge in [0, 0.05) is 31.7 Å². The van der Waals surface area contributed by atoms with Crippen molar-refractivity contribution >= 4 is 17.4 Å². The predicted molar refractivity (Wildman–Crippen MR) is 145 cm³/mol. The van der Waals surface area contributed by atoms with Crippen LogP contribution >= 0.6 is 0 Å². The summed E-state index contributed by atoms with van der Waals surface area (Å²) in [5.41, 5.74) is 1.29. The molecule has 2 aromatic carbocycles. The molecule has 0 radical (unpaired) electrons. The molecule has 204 valence electrons. The highest BCUT2D eigenvalue weighted by Gasteiger charge is 2.45. The first-order valence-electron chi connectivity index (χ1n) is 13.4. The summed E-state index contributed by atoms with van der Waals surface area (Å²) < 4.78 is 16.9. The molecule has 1 atom stereocenters. The number of nitrogens with zero attached hydrogens (tertiary/aromatic N) is 2. The number of Topliss-reactive ketones (excluding diaryl/α,β-unsaturated/α-hetero) is 1. The van der Waals surface area contributed by atoms with Gasteiger partial charge in [-0.1, -0.05) is 12.1 Å². The Morgan fingerprint density at radius 3 is 2.00 bits per heavy atom. The number of aliphatic hydroxyl groups excluding tert-OH is 1. The van der Waals surface area contributed by atoms with E-state index in [-0.39, 0.29) is 23.5 Å². The molecule has 1 unspecified atom stereocenters. The highest BCUT2D eigenvalue weighted by Crippen LogP contribution is 2.40. The molecule has 1 amide bonds. The van der Waals surface area contributed by atoms with Crippen molar-refractivity contribution in [3.63, 3.8) is 0 Å². The highest BCUT2D eigenvalue weighted by molar-refractivity contribution is 6.46. The van der Waals surface area contributed by atoms with Gasteiger partial charge in [-0.2, -0.15) is 0 Å². The molecule has 2 saturated heterocycles. The molecule has 2 fully saturated rings. The lowest BCUT2D eigenvalue weighted by molar-refractivity contribution is -0.140. The van der Waals surface area contributed by atoms with Crippen LogP contribution in [0.4, 0.5) is 0 Å². The first-order chi connectivity index (χ1) is 18.2. The van der Waals surface area contributed by atoms with Crippen LogP contribution in [0.15, 0.2) is 54.1 Å². The van der Waals surface area contributed by atoms with Crippen LogP contribution < -0.4 is 9.47 Å². The van der Waals surface area contributed by atoms with Crippen LogP contribution in [-0.2, 0) is 14.3 Å². The highest BCUT2D eigenvalue weighted by atomic mass is 16.5. The Labute approximate surface area is 224 Å². The maximum absolute atomic E-state index is 13.3. The topological polar surface area (TPSA) is 88.5 Å². The summed E-state index contributed by atoms with van der Waals surface area (Å²) in [7, 11) is 0. The molecule has 0 bridgehead atoms. The van der Waals surface area contributed by atoms with Gasteiger partial charge in [0.25, 0.3) is 11.7 Å². The van der Waals surface area contributed by atoms with Crippen LogP contribution in [-0.4, -0.2) is 78.2 Å². The van der Waals surface area contributed by atoms with Crippen molar-refractivity contribution in [3.8, 4) is 11.5 Å². The van der Waals surface area contributed by atoms with Crippen LogP contribution in [0.25, 0.3) is 5.76 Å². The fourth-order valence-corrected chi connectivity index (χ4v) is 4.87. The van der Waals surface area contributed by atoms with E-state index in [1.807, 2.05) is 52.0 Å². The third-order valence-corrected chi connectivity index (χ3v) is 6.58. The zero-order valence-corrected chi connectivity index (χ0v) is 22.7. The number of carbonyl (C=O) groups is 2. The molecule has 2 aliphatic rings. The van der Waals surface area contributed by atoms with Crippen molar-refractivity contribution in [2.45, 2.75) is 52.4 Å². The Bertz CT molecular complexity index is 1130. The van der Waals surface area contributed by atoms with E-state index in [1.165, 1.54) is 0 Å². The zero-order valence-electron chi connectivity index (χ0n) is 22.7. The van der Waals surface area contributed by atoms with E-state index in [0.29, 0.717) is 43.2 Å². The minimum atomic E-state index is -0.695. The van der Waals surface area contributed by atoms with Crippen molar-refractivity contribution in [1.29, 1.82) is 0 Å². The fraction of sp³-hybridized carbons (Fsp3) is 0.467. The number of hydrogen-bond acceptors (Lipinski definition) is 7. The van der Waals surface area contributed by atoms with Gasteiger partial charge in [-0.05, 0) is 76.1 Å². The number of hydrogen-bond donors (Lipinski definition) is 1. The standard InChI is InChI=1S/C30H38N2O6/c1-20(2)37-24-10-6-22(7-11-24)27-26(28(33)23-8-12-25(13-9-23)38-21(3)4)29(34)30(35)32(27)15-5-14-31-16-18-36-19-17-31/h6-13,20-21,27,33H,5,14-19H2,1-4H3. The van der Waals surface area contributed by atoms with E-state index in [9.17, 15) is 14.7 Å². The van der Waals surface area contributed by atoms with Gasteiger partial charge < -0.3 is 24.2 Å². The molecule has 0 aromatic heterocycles. The molecule has 0 saturated carbocycles. The van der Waals surface area contributed by atoms with Crippen LogP contribution in [0.3, 0.4) is 0 Å². The van der Waals surface area contributed by atoms with E-state index in [1.54, 1.807) is 29.2 Å². The van der Waals surface area contributed by atoms with E-state index in [4.69, 9.17) is 14.2 Å². The quantitative estimate of drug-likeness (QED) is 0.281. The first kappa shape index (κ1) is 27.7. The smallest absolute Gasteiger partial charge is 0.295 e. The van der Waals surface area contributed by atoms with Gasteiger partial charge in [-0.15, -0.1) is 0 Å². The summed E-state index contributed by atoms with van der Waals surface area (Å²) in [6.07, 6.45) is 0.744. The normalized spacial score (nSPS) is 19.9. The molecule has 0 aliphatic carbocycles. The summed E-state index contributed by atoms with van der Waals surface area (Å²) in [5, 5.41) is 11.3. The van der Waals surface area contributed by atoms with Crippen molar-refractivity contribution in [2.75, 3.05) is 39.4 Å². The van der Waals surface area contributed by atoms with Crippen LogP contribution in [0, 0.1) is 0 Å². The van der Waals surface area contributed by atoms with E-state index < -0.39 is 17.7 Å². The number of rotatable bonds is 10. The van der Waals surface area contributed by atoms with Crippen molar-refractivity contribution in [3.05, 3.63) is 65.2 Å². The zero-order chi connectivity index (χ0) is 27.2. The van der Waals surface area contributed by atoms with Crippen molar-refractivity contribution < 1.29 is 28.9 Å². The summed E-state index contributed by atoms with van der Waals surface area (Å²) in [6, 6.07) is 13.6. The second-order valence-corrected chi connectivity index (χ2v) is 10.2. The van der Waals surface area contributed by atoms with Crippen LogP contribution in [0.1, 0.15) is 51.3 Å². The van der Waals surface area contributed by atoms with E-state index in [2.05, 4.69) is 4.90 Å². The molecule has 2 aliphatic heterocycles.